The van der Waals surface area contributed by atoms with Crippen molar-refractivity contribution in [1.29, 1.82) is 5.26 Å². The van der Waals surface area contributed by atoms with E-state index in [2.05, 4.69) is 10.6 Å². The molecular formula is C17H14ClN3O. The molecule has 0 fully saturated rings. The highest BCUT2D eigenvalue weighted by molar-refractivity contribution is 6.33. The Morgan fingerprint density at radius 1 is 1.23 bits per heavy atom. The van der Waals surface area contributed by atoms with Crippen molar-refractivity contribution in [2.75, 3.05) is 10.6 Å². The van der Waals surface area contributed by atoms with Gasteiger partial charge in [-0.3, -0.25) is 4.79 Å². The number of hydrogen-bond acceptors (Lipinski definition) is 3. The molecule has 0 saturated heterocycles. The van der Waals surface area contributed by atoms with Gasteiger partial charge < -0.3 is 10.6 Å². The second kappa shape index (κ2) is 7.30. The largest absolute Gasteiger partial charge is 0.360 e. The van der Waals surface area contributed by atoms with E-state index in [4.69, 9.17) is 16.9 Å². The lowest BCUT2D eigenvalue weighted by Gasteiger charge is -2.07. The Morgan fingerprint density at radius 2 is 2.00 bits per heavy atom. The summed E-state index contributed by atoms with van der Waals surface area (Å²) in [6, 6.07) is 16.3. The van der Waals surface area contributed by atoms with Gasteiger partial charge in [0.1, 0.15) is 11.6 Å². The van der Waals surface area contributed by atoms with Crippen molar-refractivity contribution in [2.45, 2.75) is 6.92 Å². The zero-order valence-electron chi connectivity index (χ0n) is 11.9. The van der Waals surface area contributed by atoms with E-state index in [0.29, 0.717) is 10.7 Å². The Morgan fingerprint density at radius 3 is 2.68 bits per heavy atom. The van der Waals surface area contributed by atoms with Crippen molar-refractivity contribution in [3.63, 3.8) is 0 Å². The van der Waals surface area contributed by atoms with Crippen LogP contribution in [-0.4, -0.2) is 5.91 Å². The van der Waals surface area contributed by atoms with Gasteiger partial charge in [0.25, 0.3) is 5.91 Å². The Hall–Kier alpha value is -2.77. The van der Waals surface area contributed by atoms with Gasteiger partial charge in [-0.1, -0.05) is 35.9 Å². The fourth-order valence-electron chi connectivity index (χ4n) is 1.79. The number of aryl methyl sites for hydroxylation is 1. The van der Waals surface area contributed by atoms with Gasteiger partial charge in [-0.2, -0.15) is 5.26 Å². The van der Waals surface area contributed by atoms with Crippen LogP contribution in [0.25, 0.3) is 0 Å². The number of para-hydroxylation sites is 1. The van der Waals surface area contributed by atoms with E-state index in [1.54, 1.807) is 24.3 Å². The number of nitrogens with one attached hydrogen (secondary N) is 2. The first-order valence-corrected chi connectivity index (χ1v) is 6.97. The molecule has 0 heterocycles. The normalized spacial score (nSPS) is 10.7. The molecule has 0 aliphatic carbocycles. The SMILES string of the molecule is Cc1cccc(NC=C(C#N)C(=O)Nc2ccccc2Cl)c1. The quantitative estimate of drug-likeness (QED) is 0.660. The zero-order chi connectivity index (χ0) is 15.9. The number of benzene rings is 2. The monoisotopic (exact) mass is 311 g/mol. The van der Waals surface area contributed by atoms with E-state index in [0.717, 1.165) is 11.3 Å². The number of hydrogen-bond donors (Lipinski definition) is 2. The third kappa shape index (κ3) is 4.11. The second-order valence-electron chi connectivity index (χ2n) is 4.62. The molecule has 4 nitrogen and oxygen atoms in total. The Labute approximate surface area is 134 Å². The summed E-state index contributed by atoms with van der Waals surface area (Å²) >= 11 is 5.97. The Balaban J connectivity index is 2.11. The molecule has 0 atom stereocenters. The van der Waals surface area contributed by atoms with E-state index in [1.807, 2.05) is 37.3 Å². The number of carbonyl (C=O) groups excluding carboxylic acids is 1. The summed E-state index contributed by atoms with van der Waals surface area (Å²) in [5, 5.41) is 15.1. The lowest BCUT2D eigenvalue weighted by Crippen LogP contribution is -2.14. The average molecular weight is 312 g/mol. The Kier molecular flexibility index (Phi) is 5.18. The van der Waals surface area contributed by atoms with Gasteiger partial charge >= 0.3 is 0 Å². The van der Waals surface area contributed by atoms with Gasteiger partial charge in [0, 0.05) is 11.9 Å². The molecule has 1 amide bonds. The van der Waals surface area contributed by atoms with E-state index >= 15 is 0 Å². The van der Waals surface area contributed by atoms with Crippen molar-refractivity contribution in [3.8, 4) is 6.07 Å². The maximum Gasteiger partial charge on any atom is 0.267 e. The fraction of sp³-hybridized carbons (Fsp3) is 0.0588. The first-order valence-electron chi connectivity index (χ1n) is 6.59. The van der Waals surface area contributed by atoms with Crippen LogP contribution in [0.1, 0.15) is 5.56 Å². The summed E-state index contributed by atoms with van der Waals surface area (Å²) in [6.07, 6.45) is 1.38. The predicted molar refractivity (Wildman–Crippen MR) is 88.6 cm³/mol. The highest BCUT2D eigenvalue weighted by atomic mass is 35.5. The first kappa shape index (κ1) is 15.6. The van der Waals surface area contributed by atoms with Crippen LogP contribution in [-0.2, 0) is 4.79 Å². The number of carbonyl (C=O) groups is 1. The molecule has 0 unspecified atom stereocenters. The van der Waals surface area contributed by atoms with Crippen LogP contribution in [0.2, 0.25) is 5.02 Å². The predicted octanol–water partition coefficient (Wildman–Crippen LogP) is 4.11. The topological polar surface area (TPSA) is 64.9 Å². The number of rotatable bonds is 4. The average Bonchev–Trinajstić information content (AvgIpc) is 2.50. The minimum Gasteiger partial charge on any atom is -0.360 e. The smallest absolute Gasteiger partial charge is 0.267 e. The molecule has 2 aromatic carbocycles. The zero-order valence-corrected chi connectivity index (χ0v) is 12.7. The van der Waals surface area contributed by atoms with Crippen molar-refractivity contribution in [2.24, 2.45) is 0 Å². The van der Waals surface area contributed by atoms with Crippen molar-refractivity contribution in [1.82, 2.24) is 0 Å². The molecule has 0 aromatic heterocycles. The first-order chi connectivity index (χ1) is 10.6. The van der Waals surface area contributed by atoms with Crippen LogP contribution >= 0.6 is 11.6 Å². The van der Waals surface area contributed by atoms with Gasteiger partial charge in [0.2, 0.25) is 0 Å². The van der Waals surface area contributed by atoms with Gasteiger partial charge in [-0.15, -0.1) is 0 Å². The maximum absolute atomic E-state index is 12.1. The van der Waals surface area contributed by atoms with Crippen LogP contribution < -0.4 is 10.6 Å². The lowest BCUT2D eigenvalue weighted by molar-refractivity contribution is -0.112. The molecular weight excluding hydrogens is 298 g/mol. The molecule has 0 saturated carbocycles. The number of halogens is 1. The maximum atomic E-state index is 12.1. The van der Waals surface area contributed by atoms with Gasteiger partial charge in [0.05, 0.1) is 10.7 Å². The molecule has 0 spiro atoms. The molecule has 0 bridgehead atoms. The molecule has 2 N–H and O–H groups in total. The minimum atomic E-state index is -0.518. The summed E-state index contributed by atoms with van der Waals surface area (Å²) in [7, 11) is 0. The third-order valence-corrected chi connectivity index (χ3v) is 3.22. The summed E-state index contributed by atoms with van der Waals surface area (Å²) in [5.74, 6) is -0.518. The lowest BCUT2D eigenvalue weighted by atomic mass is 10.2. The summed E-state index contributed by atoms with van der Waals surface area (Å²) in [6.45, 7) is 1.96. The molecule has 5 heteroatoms. The van der Waals surface area contributed by atoms with Crippen LogP contribution in [0.4, 0.5) is 11.4 Å². The highest BCUT2D eigenvalue weighted by Gasteiger charge is 2.10. The highest BCUT2D eigenvalue weighted by Crippen LogP contribution is 2.21. The molecule has 2 rings (SSSR count). The number of anilines is 2. The standard InChI is InChI=1S/C17H14ClN3O/c1-12-5-4-6-14(9-12)20-11-13(10-19)17(22)21-16-8-3-2-7-15(16)18/h2-9,11,20H,1H3,(H,21,22). The van der Waals surface area contributed by atoms with Gasteiger partial charge in [-0.05, 0) is 36.8 Å². The number of nitrogens with zero attached hydrogens (tertiary/aromatic N) is 1. The molecule has 2 aromatic rings. The van der Waals surface area contributed by atoms with E-state index in [9.17, 15) is 4.79 Å². The van der Waals surface area contributed by atoms with E-state index in [-0.39, 0.29) is 5.57 Å². The van der Waals surface area contributed by atoms with Gasteiger partial charge in [0.15, 0.2) is 0 Å². The summed E-state index contributed by atoms with van der Waals surface area (Å²) < 4.78 is 0. The van der Waals surface area contributed by atoms with E-state index < -0.39 is 5.91 Å². The van der Waals surface area contributed by atoms with E-state index in [1.165, 1.54) is 6.20 Å². The molecule has 22 heavy (non-hydrogen) atoms. The Bertz CT molecular complexity index is 762. The molecule has 0 aliphatic rings. The van der Waals surface area contributed by atoms with Crippen molar-refractivity contribution >= 4 is 28.9 Å². The molecule has 0 aliphatic heterocycles. The van der Waals surface area contributed by atoms with Crippen molar-refractivity contribution in [3.05, 3.63) is 70.9 Å². The fourth-order valence-corrected chi connectivity index (χ4v) is 1.97. The summed E-state index contributed by atoms with van der Waals surface area (Å²) in [5.41, 5.74) is 2.31. The van der Waals surface area contributed by atoms with Gasteiger partial charge in [-0.25, -0.2) is 0 Å². The van der Waals surface area contributed by atoms with Crippen LogP contribution in [0, 0.1) is 18.3 Å². The minimum absolute atomic E-state index is 0.0403. The van der Waals surface area contributed by atoms with Crippen LogP contribution in [0.15, 0.2) is 60.3 Å². The van der Waals surface area contributed by atoms with Crippen LogP contribution in [0.3, 0.4) is 0 Å². The second-order valence-corrected chi connectivity index (χ2v) is 5.02. The van der Waals surface area contributed by atoms with Crippen LogP contribution in [0.5, 0.6) is 0 Å². The summed E-state index contributed by atoms with van der Waals surface area (Å²) in [4.78, 5) is 12.1. The van der Waals surface area contributed by atoms with Crippen molar-refractivity contribution < 1.29 is 4.79 Å². The number of nitriles is 1. The molecule has 110 valence electrons. The number of amides is 1. The third-order valence-electron chi connectivity index (χ3n) is 2.89. The molecule has 0 radical (unpaired) electrons.